The van der Waals surface area contributed by atoms with Crippen LogP contribution in [0.15, 0.2) is 10.5 Å². The minimum absolute atomic E-state index is 0.0438. The van der Waals surface area contributed by atoms with Crippen molar-refractivity contribution >= 4 is 27.9 Å². The summed E-state index contributed by atoms with van der Waals surface area (Å²) in [7, 11) is 1.32. The van der Waals surface area contributed by atoms with Gasteiger partial charge in [-0.25, -0.2) is 0 Å². The Kier molecular flexibility index (Phi) is 3.25. The van der Waals surface area contributed by atoms with E-state index in [-0.39, 0.29) is 22.1 Å². The maximum Gasteiger partial charge on any atom is 0.322 e. The van der Waals surface area contributed by atoms with Gasteiger partial charge in [0.25, 0.3) is 0 Å². The number of ether oxygens (including phenoxy) is 1. The molecule has 0 heterocycles. The number of carbonyl (C=O) groups excluding carboxylic acids is 1. The number of carbonyl (C=O) groups is 1. The second-order valence-corrected chi connectivity index (χ2v) is 3.35. The predicted molar refractivity (Wildman–Crippen MR) is 54.4 cm³/mol. The van der Waals surface area contributed by atoms with E-state index in [0.29, 0.717) is 0 Å². The molecule has 80 valence electrons. The molecule has 0 aliphatic carbocycles. The van der Waals surface area contributed by atoms with E-state index in [4.69, 9.17) is 4.74 Å². The number of nitro benzene ring substituents is 1. The van der Waals surface area contributed by atoms with Gasteiger partial charge in [0.2, 0.25) is 5.75 Å². The second-order valence-electron chi connectivity index (χ2n) is 2.55. The molecule has 0 aromatic heterocycles. The molecule has 0 saturated heterocycles. The van der Waals surface area contributed by atoms with Gasteiger partial charge in [-0.15, -0.1) is 0 Å². The summed E-state index contributed by atoms with van der Waals surface area (Å²) in [6, 6.07) is 1.18. The molecule has 0 aliphatic heterocycles. The number of halogens is 1. The minimum Gasteiger partial charge on any atom is -0.501 e. The lowest BCUT2D eigenvalue weighted by molar-refractivity contribution is -0.386. The number of hydrogen-bond acceptors (Lipinski definition) is 5. The molecule has 7 heteroatoms. The fourth-order valence-electron chi connectivity index (χ4n) is 1.06. The highest BCUT2D eigenvalue weighted by molar-refractivity contribution is 9.10. The largest absolute Gasteiger partial charge is 0.501 e. The molecule has 1 rings (SSSR count). The average molecular weight is 276 g/mol. The number of phenolic OH excluding ortho intramolecular Hbond substituents is 1. The molecular weight excluding hydrogens is 270 g/mol. The van der Waals surface area contributed by atoms with Crippen LogP contribution in [0.5, 0.6) is 11.5 Å². The van der Waals surface area contributed by atoms with Crippen LogP contribution in [0.25, 0.3) is 0 Å². The standard InChI is InChI=1S/C8H6BrNO5/c1-15-5-2-4(3-11)7(10(13)14)8(12)6(5)9/h2-3,12H,1H3. The van der Waals surface area contributed by atoms with Crippen LogP contribution < -0.4 is 4.74 Å². The fourth-order valence-corrected chi connectivity index (χ4v) is 1.52. The summed E-state index contributed by atoms with van der Waals surface area (Å²) >= 11 is 2.93. The van der Waals surface area contributed by atoms with Gasteiger partial charge in [0.05, 0.1) is 17.6 Å². The number of rotatable bonds is 3. The van der Waals surface area contributed by atoms with E-state index < -0.39 is 16.4 Å². The zero-order valence-corrected chi connectivity index (χ0v) is 9.15. The number of phenols is 1. The first-order valence-corrected chi connectivity index (χ1v) is 4.51. The number of aldehydes is 1. The lowest BCUT2D eigenvalue weighted by Crippen LogP contribution is -1.97. The van der Waals surface area contributed by atoms with Crippen molar-refractivity contribution in [3.05, 3.63) is 26.2 Å². The quantitative estimate of drug-likeness (QED) is 0.517. The first-order valence-electron chi connectivity index (χ1n) is 3.72. The normalized spacial score (nSPS) is 9.73. The van der Waals surface area contributed by atoms with Crippen molar-refractivity contribution in [1.29, 1.82) is 0 Å². The van der Waals surface area contributed by atoms with Gasteiger partial charge in [0, 0.05) is 0 Å². The Balaban J connectivity index is 3.58. The maximum absolute atomic E-state index is 10.6. The summed E-state index contributed by atoms with van der Waals surface area (Å²) in [6.45, 7) is 0. The highest BCUT2D eigenvalue weighted by Crippen LogP contribution is 2.42. The van der Waals surface area contributed by atoms with Crippen LogP contribution in [0, 0.1) is 10.1 Å². The molecule has 0 bridgehead atoms. The van der Waals surface area contributed by atoms with Gasteiger partial charge in [-0.1, -0.05) is 0 Å². The molecule has 0 unspecified atom stereocenters. The van der Waals surface area contributed by atoms with Gasteiger partial charge in [-0.2, -0.15) is 0 Å². The summed E-state index contributed by atoms with van der Waals surface area (Å²) in [5.74, 6) is -0.471. The van der Waals surface area contributed by atoms with Gasteiger partial charge in [0.1, 0.15) is 10.2 Å². The Morgan fingerprint density at radius 2 is 2.27 bits per heavy atom. The Hall–Kier alpha value is -1.63. The van der Waals surface area contributed by atoms with Gasteiger partial charge < -0.3 is 9.84 Å². The number of methoxy groups -OCH3 is 1. The van der Waals surface area contributed by atoms with Gasteiger partial charge in [0.15, 0.2) is 6.29 Å². The van der Waals surface area contributed by atoms with Crippen molar-refractivity contribution in [1.82, 2.24) is 0 Å². The Morgan fingerprint density at radius 1 is 1.67 bits per heavy atom. The van der Waals surface area contributed by atoms with E-state index in [1.165, 1.54) is 13.2 Å². The van der Waals surface area contributed by atoms with Crippen LogP contribution in [-0.2, 0) is 0 Å². The van der Waals surface area contributed by atoms with E-state index in [2.05, 4.69) is 15.9 Å². The van der Waals surface area contributed by atoms with Crippen molar-refractivity contribution in [2.24, 2.45) is 0 Å². The van der Waals surface area contributed by atoms with E-state index in [9.17, 15) is 20.0 Å². The predicted octanol–water partition coefficient (Wildman–Crippen LogP) is 1.88. The minimum atomic E-state index is -0.830. The van der Waals surface area contributed by atoms with Crippen molar-refractivity contribution in [3.8, 4) is 11.5 Å². The first-order chi connectivity index (χ1) is 7.02. The smallest absolute Gasteiger partial charge is 0.322 e. The molecule has 1 aromatic rings. The molecule has 1 N–H and O–H groups in total. The van der Waals surface area contributed by atoms with Crippen molar-refractivity contribution in [3.63, 3.8) is 0 Å². The summed E-state index contributed by atoms with van der Waals surface area (Å²) in [5.41, 5.74) is -0.879. The molecular formula is C8H6BrNO5. The lowest BCUT2D eigenvalue weighted by Gasteiger charge is -2.06. The van der Waals surface area contributed by atoms with Gasteiger partial charge in [-0.05, 0) is 22.0 Å². The van der Waals surface area contributed by atoms with E-state index in [1.807, 2.05) is 0 Å². The van der Waals surface area contributed by atoms with Crippen molar-refractivity contribution in [2.75, 3.05) is 7.11 Å². The molecule has 0 saturated carbocycles. The van der Waals surface area contributed by atoms with E-state index >= 15 is 0 Å². The molecule has 6 nitrogen and oxygen atoms in total. The van der Waals surface area contributed by atoms with Crippen molar-refractivity contribution in [2.45, 2.75) is 0 Å². The van der Waals surface area contributed by atoms with E-state index in [1.54, 1.807) is 0 Å². The molecule has 0 atom stereocenters. The van der Waals surface area contributed by atoms with Crippen LogP contribution in [0.4, 0.5) is 5.69 Å². The number of hydrogen-bond donors (Lipinski definition) is 1. The summed E-state index contributed by atoms with van der Waals surface area (Å²) in [6.07, 6.45) is 0.285. The zero-order chi connectivity index (χ0) is 11.6. The first kappa shape index (κ1) is 11.4. The Bertz CT molecular complexity index is 432. The zero-order valence-electron chi connectivity index (χ0n) is 7.56. The molecule has 1 aromatic carbocycles. The monoisotopic (exact) mass is 275 g/mol. The van der Waals surface area contributed by atoms with Crippen LogP contribution in [0.2, 0.25) is 0 Å². The Labute approximate surface area is 92.8 Å². The van der Waals surface area contributed by atoms with Crippen LogP contribution in [0.3, 0.4) is 0 Å². The third kappa shape index (κ3) is 1.91. The summed E-state index contributed by atoms with van der Waals surface area (Å²) in [4.78, 5) is 20.3. The fraction of sp³-hybridized carbons (Fsp3) is 0.125. The molecule has 0 radical (unpaired) electrons. The third-order valence-electron chi connectivity index (χ3n) is 1.74. The van der Waals surface area contributed by atoms with Gasteiger partial charge in [-0.3, -0.25) is 14.9 Å². The van der Waals surface area contributed by atoms with Crippen LogP contribution in [-0.4, -0.2) is 23.4 Å². The molecule has 15 heavy (non-hydrogen) atoms. The SMILES string of the molecule is COc1cc(C=O)c([N+](=O)[O-])c(O)c1Br. The lowest BCUT2D eigenvalue weighted by atomic mass is 10.1. The summed E-state index contributed by atoms with van der Waals surface area (Å²) < 4.78 is 4.86. The topological polar surface area (TPSA) is 89.7 Å². The van der Waals surface area contributed by atoms with E-state index in [0.717, 1.165) is 0 Å². The maximum atomic E-state index is 10.6. The van der Waals surface area contributed by atoms with Crippen molar-refractivity contribution < 1.29 is 19.6 Å². The molecule has 0 aliphatic rings. The third-order valence-corrected chi connectivity index (χ3v) is 2.50. The number of nitrogens with zero attached hydrogens (tertiary/aromatic N) is 1. The second kappa shape index (κ2) is 4.26. The number of aromatic hydroxyl groups is 1. The molecule has 0 fully saturated rings. The molecule has 0 spiro atoms. The highest BCUT2D eigenvalue weighted by Gasteiger charge is 2.25. The number of nitro groups is 1. The Morgan fingerprint density at radius 3 is 2.67 bits per heavy atom. The van der Waals surface area contributed by atoms with Crippen LogP contribution >= 0.6 is 15.9 Å². The highest BCUT2D eigenvalue weighted by atomic mass is 79.9. The van der Waals surface area contributed by atoms with Crippen LogP contribution in [0.1, 0.15) is 10.4 Å². The van der Waals surface area contributed by atoms with Gasteiger partial charge >= 0.3 is 5.69 Å². The molecule has 0 amide bonds. The summed E-state index contributed by atoms with van der Waals surface area (Å²) in [5, 5.41) is 20.0. The number of benzene rings is 1. The average Bonchev–Trinajstić information content (AvgIpc) is 2.20.